The topological polar surface area (TPSA) is 88.8 Å². The summed E-state index contributed by atoms with van der Waals surface area (Å²) in [5.41, 5.74) is 1.66. The fraction of sp³-hybridized carbons (Fsp3) is 0.346. The molecule has 1 aromatic carbocycles. The Hall–Kier alpha value is -3.68. The predicted octanol–water partition coefficient (Wildman–Crippen LogP) is 5.47. The molecule has 6 rings (SSSR count). The summed E-state index contributed by atoms with van der Waals surface area (Å²) in [5, 5.41) is 11.6. The minimum atomic E-state index is -0.301. The molecule has 3 aliphatic rings. The van der Waals surface area contributed by atoms with Crippen LogP contribution in [0.1, 0.15) is 31.4 Å². The number of azo groups is 1. The van der Waals surface area contributed by atoms with Gasteiger partial charge in [-0.2, -0.15) is 10.2 Å². The van der Waals surface area contributed by atoms with Gasteiger partial charge in [0.1, 0.15) is 23.4 Å². The van der Waals surface area contributed by atoms with E-state index < -0.39 is 0 Å². The van der Waals surface area contributed by atoms with E-state index >= 15 is 0 Å². The molecule has 1 N–H and O–H groups in total. The molecule has 3 aromatic rings. The minimum Gasteiger partial charge on any atom is -0.490 e. The highest BCUT2D eigenvalue weighted by Gasteiger charge is 2.59. The molecule has 2 fully saturated rings. The summed E-state index contributed by atoms with van der Waals surface area (Å²) in [6.45, 7) is 1.99. The number of carbonyl (C=O) groups is 1. The van der Waals surface area contributed by atoms with Gasteiger partial charge in [-0.1, -0.05) is 13.0 Å². The van der Waals surface area contributed by atoms with Crippen molar-refractivity contribution in [2.75, 3.05) is 5.32 Å². The van der Waals surface area contributed by atoms with Gasteiger partial charge >= 0.3 is 0 Å². The van der Waals surface area contributed by atoms with Gasteiger partial charge in [-0.05, 0) is 67.0 Å². The lowest BCUT2D eigenvalue weighted by Crippen LogP contribution is -2.26. The number of rotatable bonds is 6. The third-order valence-electron chi connectivity index (χ3n) is 7.32. The lowest BCUT2D eigenvalue weighted by atomic mass is 9.97. The molecule has 1 amide bonds. The van der Waals surface area contributed by atoms with Crippen LogP contribution in [0.4, 0.5) is 10.2 Å². The summed E-state index contributed by atoms with van der Waals surface area (Å²) in [4.78, 5) is 21.5. The zero-order valence-corrected chi connectivity index (χ0v) is 18.6. The van der Waals surface area contributed by atoms with E-state index in [1.165, 1.54) is 12.1 Å². The summed E-state index contributed by atoms with van der Waals surface area (Å²) in [6.07, 6.45) is 8.87. The molecule has 7 nitrogen and oxygen atoms in total. The highest BCUT2D eigenvalue weighted by atomic mass is 19.1. The van der Waals surface area contributed by atoms with Crippen molar-refractivity contribution in [1.82, 2.24) is 9.97 Å². The fourth-order valence-electron chi connectivity index (χ4n) is 5.57. The number of carbonyl (C=O) groups excluding carboxylic acids is 1. The van der Waals surface area contributed by atoms with Crippen LogP contribution in [0.2, 0.25) is 0 Å². The van der Waals surface area contributed by atoms with Gasteiger partial charge in [-0.15, -0.1) is 0 Å². The number of aromatic nitrogens is 2. The summed E-state index contributed by atoms with van der Waals surface area (Å²) >= 11 is 0. The largest absolute Gasteiger partial charge is 0.490 e. The van der Waals surface area contributed by atoms with E-state index in [9.17, 15) is 9.18 Å². The Morgan fingerprint density at radius 2 is 2.00 bits per heavy atom. The van der Waals surface area contributed by atoms with E-state index in [1.807, 2.05) is 19.1 Å². The Kier molecular flexibility index (Phi) is 5.08. The number of halogens is 1. The summed E-state index contributed by atoms with van der Waals surface area (Å²) in [6, 6.07) is 9.96. The number of hydrogen-bond acceptors (Lipinski definition) is 6. The quantitative estimate of drug-likeness (QED) is 0.532. The number of anilines is 1. The van der Waals surface area contributed by atoms with Gasteiger partial charge in [0.15, 0.2) is 0 Å². The van der Waals surface area contributed by atoms with Crippen LogP contribution in [0, 0.1) is 29.5 Å². The molecule has 0 bridgehead atoms. The molecule has 0 spiro atoms. The first-order chi connectivity index (χ1) is 16.6. The number of ether oxygens (including phenoxy) is 1. The van der Waals surface area contributed by atoms with Crippen LogP contribution in [-0.2, 0) is 4.79 Å². The molecule has 2 aromatic heterocycles. The third kappa shape index (κ3) is 3.83. The predicted molar refractivity (Wildman–Crippen MR) is 125 cm³/mol. The van der Waals surface area contributed by atoms with Crippen LogP contribution in [0.5, 0.6) is 5.75 Å². The van der Waals surface area contributed by atoms with Crippen LogP contribution in [0.15, 0.2) is 71.3 Å². The van der Waals surface area contributed by atoms with Crippen LogP contribution in [0.3, 0.4) is 0 Å². The molecule has 2 saturated carbocycles. The van der Waals surface area contributed by atoms with E-state index in [0.717, 1.165) is 23.9 Å². The van der Waals surface area contributed by atoms with Crippen molar-refractivity contribution >= 4 is 22.6 Å². The van der Waals surface area contributed by atoms with Gasteiger partial charge < -0.3 is 10.1 Å². The number of fused-ring (bicyclic) bond motifs is 2. The van der Waals surface area contributed by atoms with E-state index in [0.29, 0.717) is 34.7 Å². The van der Waals surface area contributed by atoms with Gasteiger partial charge in [0.2, 0.25) is 5.91 Å². The van der Waals surface area contributed by atoms with Crippen molar-refractivity contribution in [3.8, 4) is 5.75 Å². The summed E-state index contributed by atoms with van der Waals surface area (Å²) < 4.78 is 20.0. The molecular weight excluding hydrogens is 433 g/mol. The second kappa shape index (κ2) is 8.27. The number of amides is 1. The molecule has 0 radical (unpaired) electrons. The number of nitrogens with one attached hydrogen (secondary N) is 1. The second-order valence-corrected chi connectivity index (χ2v) is 9.36. The van der Waals surface area contributed by atoms with E-state index in [4.69, 9.17) is 4.74 Å². The molecule has 4 unspecified atom stereocenters. The maximum atomic E-state index is 13.7. The molecule has 3 heterocycles. The Labute approximate surface area is 196 Å². The molecule has 0 saturated heterocycles. The molecule has 6 atom stereocenters. The van der Waals surface area contributed by atoms with Crippen molar-refractivity contribution in [2.24, 2.45) is 33.9 Å². The fourth-order valence-corrected chi connectivity index (χ4v) is 5.57. The molecule has 172 valence electrons. The standard InChI is InChI=1S/C26H24FN5O2/c1-14(26(33)31-24-5-2-15(13-29-24)21-6-9-30-32-21)25-18-11-17(12-19(18)25)34-23-7-8-28-22-4-3-16(27)10-20(22)23/h2-10,13-14,17-19,21,25H,11-12H2,1H3,(H,29,31,33)/t14?,17?,18-,19+,21?,25?. The number of pyridine rings is 2. The Balaban J connectivity index is 1.04. The smallest absolute Gasteiger partial charge is 0.228 e. The van der Waals surface area contributed by atoms with Crippen LogP contribution < -0.4 is 10.1 Å². The van der Waals surface area contributed by atoms with Crippen molar-refractivity contribution < 1.29 is 13.9 Å². The molecule has 2 aliphatic carbocycles. The molecular formula is C26H24FN5O2. The normalized spacial score (nSPS) is 27.5. The van der Waals surface area contributed by atoms with Gasteiger partial charge in [0.05, 0.1) is 11.6 Å². The van der Waals surface area contributed by atoms with Gasteiger partial charge in [0.25, 0.3) is 0 Å². The van der Waals surface area contributed by atoms with Crippen molar-refractivity contribution in [2.45, 2.75) is 31.9 Å². The van der Waals surface area contributed by atoms with Crippen LogP contribution >= 0.6 is 0 Å². The molecule has 8 heteroatoms. The SMILES string of the molecule is CC(C(=O)Nc1ccc(C2C=CN=N2)cn1)C1[C@H]2CC(Oc3ccnc4ccc(F)cc34)C[C@@H]12. The van der Waals surface area contributed by atoms with Gasteiger partial charge in [-0.3, -0.25) is 9.78 Å². The van der Waals surface area contributed by atoms with E-state index in [1.54, 1.807) is 36.8 Å². The lowest BCUT2D eigenvalue weighted by molar-refractivity contribution is -0.120. The number of nitrogens with zero attached hydrogens (tertiary/aromatic N) is 4. The first-order valence-electron chi connectivity index (χ1n) is 11.6. The first-order valence-corrected chi connectivity index (χ1v) is 11.6. The van der Waals surface area contributed by atoms with Gasteiger partial charge in [-0.25, -0.2) is 9.37 Å². The Morgan fingerprint density at radius 1 is 1.15 bits per heavy atom. The van der Waals surface area contributed by atoms with E-state index in [2.05, 4.69) is 25.5 Å². The van der Waals surface area contributed by atoms with Crippen molar-refractivity contribution in [3.63, 3.8) is 0 Å². The Morgan fingerprint density at radius 3 is 2.74 bits per heavy atom. The third-order valence-corrected chi connectivity index (χ3v) is 7.32. The first kappa shape index (κ1) is 20.9. The monoisotopic (exact) mass is 457 g/mol. The summed E-state index contributed by atoms with van der Waals surface area (Å²) in [7, 11) is 0. The zero-order valence-electron chi connectivity index (χ0n) is 18.6. The maximum absolute atomic E-state index is 13.7. The highest BCUT2D eigenvalue weighted by molar-refractivity contribution is 5.92. The van der Waals surface area contributed by atoms with Crippen LogP contribution in [-0.4, -0.2) is 22.0 Å². The molecule has 34 heavy (non-hydrogen) atoms. The number of hydrogen-bond donors (Lipinski definition) is 1. The Bertz CT molecular complexity index is 1280. The average Bonchev–Trinajstić information content (AvgIpc) is 3.21. The average molecular weight is 458 g/mol. The maximum Gasteiger partial charge on any atom is 0.228 e. The highest BCUT2D eigenvalue weighted by Crippen LogP contribution is 2.61. The lowest BCUT2D eigenvalue weighted by Gasteiger charge is -2.20. The second-order valence-electron chi connectivity index (χ2n) is 9.36. The minimum absolute atomic E-state index is 0.00632. The zero-order chi connectivity index (χ0) is 23.2. The number of benzene rings is 1. The van der Waals surface area contributed by atoms with E-state index in [-0.39, 0.29) is 29.8 Å². The van der Waals surface area contributed by atoms with Crippen molar-refractivity contribution in [3.05, 3.63) is 72.4 Å². The molecule has 1 aliphatic heterocycles. The van der Waals surface area contributed by atoms with Crippen LogP contribution in [0.25, 0.3) is 10.9 Å². The van der Waals surface area contributed by atoms with Gasteiger partial charge in [0, 0.05) is 35.5 Å². The van der Waals surface area contributed by atoms with Crippen molar-refractivity contribution in [1.29, 1.82) is 0 Å². The summed E-state index contributed by atoms with van der Waals surface area (Å²) in [5.74, 6) is 2.12.